The molecule has 1 aliphatic rings. The molecule has 2 aromatic heterocycles. The van der Waals surface area contributed by atoms with Gasteiger partial charge in [-0.05, 0) is 11.6 Å². The fourth-order valence-corrected chi connectivity index (χ4v) is 4.06. The second kappa shape index (κ2) is 10.3. The molecule has 0 spiro atoms. The van der Waals surface area contributed by atoms with Crippen molar-refractivity contribution in [2.75, 3.05) is 55.8 Å². The first-order chi connectivity index (χ1) is 16.8. The fraction of sp³-hybridized carbons (Fsp3) is 0.348. The first kappa shape index (κ1) is 24.5. The van der Waals surface area contributed by atoms with Crippen LogP contribution < -0.4 is 20.5 Å². The van der Waals surface area contributed by atoms with E-state index in [0.29, 0.717) is 32.0 Å². The van der Waals surface area contributed by atoms with Crippen molar-refractivity contribution in [3.63, 3.8) is 0 Å². The molecule has 4 rings (SSSR count). The van der Waals surface area contributed by atoms with Gasteiger partial charge in [-0.1, -0.05) is 30.3 Å². The molecular formula is C23H26N4O7S. The predicted octanol–water partition coefficient (Wildman–Crippen LogP) is 1.31. The van der Waals surface area contributed by atoms with Gasteiger partial charge in [0.2, 0.25) is 5.75 Å². The minimum Gasteiger partial charge on any atom is -0.481 e. The van der Waals surface area contributed by atoms with Gasteiger partial charge in [0, 0.05) is 25.5 Å². The number of hydrogen-bond acceptors (Lipinski definition) is 10. The highest BCUT2D eigenvalue weighted by Gasteiger charge is 2.24. The number of methoxy groups -OCH3 is 1. The van der Waals surface area contributed by atoms with Crippen molar-refractivity contribution < 1.29 is 27.4 Å². The number of anilines is 2. The average molecular weight is 503 g/mol. The SMILES string of the molecule is COC(=O)c1nc2c(NCS(C)(=O)=O)cc(N3CCOCC3)cn2c(=O)c1OCc1ccccc1. The van der Waals surface area contributed by atoms with E-state index in [1.165, 1.54) is 11.5 Å². The maximum atomic E-state index is 13.6. The molecule has 1 N–H and O–H groups in total. The van der Waals surface area contributed by atoms with Crippen LogP contribution in [0.2, 0.25) is 0 Å². The third kappa shape index (κ3) is 5.72. The van der Waals surface area contributed by atoms with E-state index in [9.17, 15) is 18.0 Å². The van der Waals surface area contributed by atoms with E-state index in [1.807, 2.05) is 35.2 Å². The molecule has 0 amide bonds. The van der Waals surface area contributed by atoms with Crippen LogP contribution in [0.4, 0.5) is 11.4 Å². The Morgan fingerprint density at radius 2 is 1.91 bits per heavy atom. The van der Waals surface area contributed by atoms with E-state index in [4.69, 9.17) is 14.2 Å². The molecule has 0 aliphatic carbocycles. The van der Waals surface area contributed by atoms with E-state index in [0.717, 1.165) is 11.8 Å². The van der Waals surface area contributed by atoms with Crippen LogP contribution in [0.3, 0.4) is 0 Å². The Balaban J connectivity index is 1.87. The maximum Gasteiger partial charge on any atom is 0.360 e. The van der Waals surface area contributed by atoms with Crippen molar-refractivity contribution in [3.8, 4) is 5.75 Å². The zero-order valence-electron chi connectivity index (χ0n) is 19.4. The minimum absolute atomic E-state index is 0.0379. The minimum atomic E-state index is -3.39. The summed E-state index contributed by atoms with van der Waals surface area (Å²) < 4.78 is 40.9. The van der Waals surface area contributed by atoms with Crippen LogP contribution in [0.1, 0.15) is 16.1 Å². The molecule has 12 heteroatoms. The molecule has 0 saturated carbocycles. The van der Waals surface area contributed by atoms with Crippen molar-refractivity contribution in [2.24, 2.45) is 0 Å². The second-order valence-corrected chi connectivity index (χ2v) is 10.2. The van der Waals surface area contributed by atoms with Crippen LogP contribution in [0.5, 0.6) is 5.75 Å². The Labute approximate surface area is 202 Å². The van der Waals surface area contributed by atoms with Gasteiger partial charge in [-0.2, -0.15) is 0 Å². The summed E-state index contributed by atoms with van der Waals surface area (Å²) in [5.41, 5.74) is 0.893. The molecule has 1 aromatic carbocycles. The lowest BCUT2D eigenvalue weighted by Crippen LogP contribution is -2.36. The van der Waals surface area contributed by atoms with E-state index in [-0.39, 0.29) is 35.3 Å². The first-order valence-corrected chi connectivity index (χ1v) is 12.9. The van der Waals surface area contributed by atoms with Crippen LogP contribution in [0, 0.1) is 0 Å². The zero-order chi connectivity index (χ0) is 25.0. The van der Waals surface area contributed by atoms with Gasteiger partial charge in [0.25, 0.3) is 0 Å². The molecule has 0 radical (unpaired) electrons. The summed E-state index contributed by atoms with van der Waals surface area (Å²) in [6.07, 6.45) is 2.68. The topological polar surface area (TPSA) is 129 Å². The fourth-order valence-electron chi connectivity index (χ4n) is 3.64. The summed E-state index contributed by atoms with van der Waals surface area (Å²) in [5.74, 6) is -1.49. The summed E-state index contributed by atoms with van der Waals surface area (Å²) in [7, 11) is -2.22. The van der Waals surface area contributed by atoms with Crippen molar-refractivity contribution in [1.82, 2.24) is 9.38 Å². The number of pyridine rings is 1. The Bertz CT molecular complexity index is 1380. The Kier molecular flexibility index (Phi) is 7.22. The average Bonchev–Trinajstić information content (AvgIpc) is 2.86. The largest absolute Gasteiger partial charge is 0.481 e. The van der Waals surface area contributed by atoms with Gasteiger partial charge in [0.1, 0.15) is 12.5 Å². The van der Waals surface area contributed by atoms with Crippen LogP contribution in [0.25, 0.3) is 5.65 Å². The van der Waals surface area contributed by atoms with Gasteiger partial charge >= 0.3 is 11.5 Å². The molecular weight excluding hydrogens is 476 g/mol. The quantitative estimate of drug-likeness (QED) is 0.450. The Hall–Kier alpha value is -3.64. The van der Waals surface area contributed by atoms with Crippen molar-refractivity contribution in [1.29, 1.82) is 0 Å². The first-order valence-electron chi connectivity index (χ1n) is 10.9. The van der Waals surface area contributed by atoms with Crippen LogP contribution in [0.15, 0.2) is 47.4 Å². The maximum absolute atomic E-state index is 13.6. The van der Waals surface area contributed by atoms with Gasteiger partial charge in [0.05, 0.1) is 31.7 Å². The van der Waals surface area contributed by atoms with Gasteiger partial charge in [-0.3, -0.25) is 9.20 Å². The summed E-state index contributed by atoms with van der Waals surface area (Å²) in [6.45, 7) is 2.26. The summed E-state index contributed by atoms with van der Waals surface area (Å²) in [6, 6.07) is 10.9. The third-order valence-electron chi connectivity index (χ3n) is 5.37. The molecule has 0 unspecified atom stereocenters. The number of sulfone groups is 1. The number of nitrogens with one attached hydrogen (secondary N) is 1. The van der Waals surface area contributed by atoms with Gasteiger partial charge in [0.15, 0.2) is 21.2 Å². The molecule has 0 bridgehead atoms. The smallest absolute Gasteiger partial charge is 0.360 e. The van der Waals surface area contributed by atoms with E-state index in [1.54, 1.807) is 12.3 Å². The number of esters is 1. The Morgan fingerprint density at radius 1 is 1.20 bits per heavy atom. The standard InChI is InChI=1S/C23H26N4O7S/c1-32-23(29)19-20(34-14-16-6-4-3-5-7-16)22(28)27-13-17(26-8-10-33-11-9-26)12-18(21(27)25-19)24-15-35(2,30)31/h3-7,12-13,24H,8-11,14-15H2,1-2H3. The number of aromatic nitrogens is 2. The molecule has 3 aromatic rings. The molecule has 3 heterocycles. The molecule has 1 saturated heterocycles. The third-order valence-corrected chi connectivity index (χ3v) is 6.04. The lowest BCUT2D eigenvalue weighted by atomic mass is 10.2. The molecule has 11 nitrogen and oxygen atoms in total. The predicted molar refractivity (Wildman–Crippen MR) is 130 cm³/mol. The monoisotopic (exact) mass is 502 g/mol. The lowest BCUT2D eigenvalue weighted by Gasteiger charge is -2.29. The van der Waals surface area contributed by atoms with Crippen molar-refractivity contribution >= 4 is 32.8 Å². The van der Waals surface area contributed by atoms with E-state index < -0.39 is 21.4 Å². The zero-order valence-corrected chi connectivity index (χ0v) is 20.2. The number of hydrogen-bond donors (Lipinski definition) is 1. The summed E-state index contributed by atoms with van der Waals surface area (Å²) in [5, 5.41) is 2.83. The highest BCUT2D eigenvalue weighted by molar-refractivity contribution is 7.90. The van der Waals surface area contributed by atoms with Gasteiger partial charge in [-0.15, -0.1) is 0 Å². The molecule has 186 valence electrons. The molecule has 1 fully saturated rings. The van der Waals surface area contributed by atoms with E-state index >= 15 is 0 Å². The van der Waals surface area contributed by atoms with Gasteiger partial charge < -0.3 is 24.4 Å². The van der Waals surface area contributed by atoms with Crippen molar-refractivity contribution in [3.05, 3.63) is 64.2 Å². The van der Waals surface area contributed by atoms with Crippen LogP contribution in [-0.4, -0.2) is 69.3 Å². The molecule has 35 heavy (non-hydrogen) atoms. The number of morpholine rings is 1. The summed E-state index contributed by atoms with van der Waals surface area (Å²) in [4.78, 5) is 32.5. The second-order valence-electron chi connectivity index (χ2n) is 8.01. The number of carbonyl (C=O) groups excluding carboxylic acids is 1. The number of ether oxygens (including phenoxy) is 3. The Morgan fingerprint density at radius 3 is 2.57 bits per heavy atom. The number of carbonyl (C=O) groups is 1. The number of nitrogens with zero attached hydrogens (tertiary/aromatic N) is 3. The van der Waals surface area contributed by atoms with Crippen LogP contribution in [-0.2, 0) is 25.9 Å². The highest BCUT2D eigenvalue weighted by atomic mass is 32.2. The normalized spacial score (nSPS) is 14.1. The lowest BCUT2D eigenvalue weighted by molar-refractivity contribution is 0.0588. The van der Waals surface area contributed by atoms with Crippen LogP contribution >= 0.6 is 0 Å². The number of rotatable bonds is 8. The number of benzene rings is 1. The van der Waals surface area contributed by atoms with Crippen molar-refractivity contribution in [2.45, 2.75) is 6.61 Å². The summed E-state index contributed by atoms with van der Waals surface area (Å²) >= 11 is 0. The molecule has 0 atom stereocenters. The van der Waals surface area contributed by atoms with Gasteiger partial charge in [-0.25, -0.2) is 18.2 Å². The van der Waals surface area contributed by atoms with E-state index in [2.05, 4.69) is 10.3 Å². The highest BCUT2D eigenvalue weighted by Crippen LogP contribution is 2.26. The number of fused-ring (bicyclic) bond motifs is 1. The molecule has 1 aliphatic heterocycles.